The van der Waals surface area contributed by atoms with E-state index < -0.39 is 17.2 Å². The van der Waals surface area contributed by atoms with E-state index in [-0.39, 0.29) is 17.3 Å². The van der Waals surface area contributed by atoms with E-state index in [0.717, 1.165) is 10.3 Å². The van der Waals surface area contributed by atoms with Crippen LogP contribution in [0, 0.1) is 0 Å². The lowest BCUT2D eigenvalue weighted by atomic mass is 9.76. The normalized spacial score (nSPS) is 18.4. The topological polar surface area (TPSA) is 103 Å². The number of anilines is 1. The highest BCUT2D eigenvalue weighted by molar-refractivity contribution is 6.00. The number of aromatic nitrogens is 2. The molecule has 1 atom stereocenters. The number of methoxy groups -OCH3 is 1. The number of hydrogen-bond donors (Lipinski definition) is 2. The van der Waals surface area contributed by atoms with Gasteiger partial charge in [-0.3, -0.25) is 18.7 Å². The van der Waals surface area contributed by atoms with Crippen LogP contribution in [-0.4, -0.2) is 27.1 Å². The van der Waals surface area contributed by atoms with Gasteiger partial charge in [0.05, 0.1) is 12.7 Å². The number of nitrogens with zero attached hydrogens (tertiary/aromatic N) is 2. The van der Waals surface area contributed by atoms with Crippen molar-refractivity contribution in [2.24, 2.45) is 14.1 Å². The number of phenolic OH excluding ortho intramolecular Hbond substituents is 1. The molecular weight excluding hydrogens is 362 g/mol. The highest BCUT2D eigenvalue weighted by Crippen LogP contribution is 2.44. The highest BCUT2D eigenvalue weighted by Gasteiger charge is 2.38. The Bertz CT molecular complexity index is 1160. The quantitative estimate of drug-likeness (QED) is 0.812. The van der Waals surface area contributed by atoms with Crippen molar-refractivity contribution in [2.75, 3.05) is 12.4 Å². The van der Waals surface area contributed by atoms with Gasteiger partial charge in [-0.25, -0.2) is 4.79 Å². The first kappa shape index (κ1) is 18.1. The Labute approximate surface area is 160 Å². The van der Waals surface area contributed by atoms with E-state index in [1.165, 1.54) is 24.8 Å². The first-order valence-electron chi connectivity index (χ1n) is 9.05. The Morgan fingerprint density at radius 1 is 1.14 bits per heavy atom. The summed E-state index contributed by atoms with van der Waals surface area (Å²) < 4.78 is 7.66. The van der Waals surface area contributed by atoms with Crippen molar-refractivity contribution < 1.29 is 14.6 Å². The molecule has 2 aromatic rings. The summed E-state index contributed by atoms with van der Waals surface area (Å²) in [6, 6.07) is 4.79. The Balaban J connectivity index is 2.08. The van der Waals surface area contributed by atoms with Gasteiger partial charge in [0.15, 0.2) is 17.3 Å². The number of carbonyl (C=O) groups is 1. The first-order chi connectivity index (χ1) is 13.3. The third-order valence-corrected chi connectivity index (χ3v) is 5.54. The average molecular weight is 383 g/mol. The van der Waals surface area contributed by atoms with E-state index in [4.69, 9.17) is 4.74 Å². The standard InChI is InChI=1S/C20H21N3O5/c1-22-18-17(19(26)23(2)20(22)27)15(10-7-8-12(24)14(9-10)28-3)16-11(21-18)5-4-6-13(16)25/h7-9,15,21,24H,4-6H2,1-3H3. The number of carbonyl (C=O) groups excluding carboxylic acids is 1. The zero-order chi connectivity index (χ0) is 20.2. The van der Waals surface area contributed by atoms with Crippen LogP contribution < -0.4 is 21.3 Å². The average Bonchev–Trinajstić information content (AvgIpc) is 2.70. The molecule has 2 aliphatic rings. The molecule has 1 unspecified atom stereocenters. The first-order valence-corrected chi connectivity index (χ1v) is 9.05. The molecule has 0 radical (unpaired) electrons. The van der Waals surface area contributed by atoms with Gasteiger partial charge < -0.3 is 15.2 Å². The van der Waals surface area contributed by atoms with Crippen LogP contribution in [0.3, 0.4) is 0 Å². The van der Waals surface area contributed by atoms with E-state index in [1.54, 1.807) is 19.2 Å². The summed E-state index contributed by atoms with van der Waals surface area (Å²) in [4.78, 5) is 38.3. The van der Waals surface area contributed by atoms with Crippen LogP contribution in [0.5, 0.6) is 11.5 Å². The molecule has 1 aliphatic carbocycles. The predicted molar refractivity (Wildman–Crippen MR) is 103 cm³/mol. The van der Waals surface area contributed by atoms with E-state index in [0.29, 0.717) is 41.8 Å². The number of Topliss-reactive ketones (excluding diaryl/α,β-unsaturated/α-hetero) is 1. The van der Waals surface area contributed by atoms with E-state index in [1.807, 2.05) is 0 Å². The number of allylic oxidation sites excluding steroid dienone is 2. The Kier molecular flexibility index (Phi) is 4.14. The van der Waals surface area contributed by atoms with E-state index in [2.05, 4.69) is 5.32 Å². The molecule has 146 valence electrons. The molecule has 1 aromatic heterocycles. The van der Waals surface area contributed by atoms with Gasteiger partial charge in [-0.2, -0.15) is 0 Å². The molecular formula is C20H21N3O5. The minimum Gasteiger partial charge on any atom is -0.504 e. The molecule has 0 spiro atoms. The molecule has 0 bridgehead atoms. The molecule has 1 aromatic carbocycles. The van der Waals surface area contributed by atoms with Crippen molar-refractivity contribution in [2.45, 2.75) is 25.2 Å². The van der Waals surface area contributed by atoms with Gasteiger partial charge in [-0.05, 0) is 30.5 Å². The van der Waals surface area contributed by atoms with Gasteiger partial charge in [0.1, 0.15) is 5.82 Å². The van der Waals surface area contributed by atoms with Gasteiger partial charge in [-0.1, -0.05) is 6.07 Å². The number of hydrogen-bond acceptors (Lipinski definition) is 6. The fourth-order valence-electron chi connectivity index (χ4n) is 4.10. The Morgan fingerprint density at radius 2 is 1.89 bits per heavy atom. The number of aromatic hydroxyl groups is 1. The summed E-state index contributed by atoms with van der Waals surface area (Å²) in [6.45, 7) is 0. The minimum atomic E-state index is -0.640. The molecule has 8 nitrogen and oxygen atoms in total. The van der Waals surface area contributed by atoms with Crippen LogP contribution in [0.1, 0.15) is 36.3 Å². The number of rotatable bonds is 2. The minimum absolute atomic E-state index is 0.0210. The largest absolute Gasteiger partial charge is 0.504 e. The van der Waals surface area contributed by atoms with Crippen LogP contribution in [0.4, 0.5) is 5.82 Å². The summed E-state index contributed by atoms with van der Waals surface area (Å²) in [5.74, 6) is -0.0347. The summed E-state index contributed by atoms with van der Waals surface area (Å²) in [7, 11) is 4.46. The number of phenols is 1. The summed E-state index contributed by atoms with van der Waals surface area (Å²) in [5.41, 5.74) is 1.38. The summed E-state index contributed by atoms with van der Waals surface area (Å²) in [6.07, 6.45) is 1.79. The van der Waals surface area contributed by atoms with E-state index >= 15 is 0 Å². The molecule has 1 aliphatic heterocycles. The fourth-order valence-corrected chi connectivity index (χ4v) is 4.10. The highest BCUT2D eigenvalue weighted by atomic mass is 16.5. The maximum absolute atomic E-state index is 13.1. The van der Waals surface area contributed by atoms with Crippen molar-refractivity contribution in [3.05, 3.63) is 61.4 Å². The Morgan fingerprint density at radius 3 is 2.61 bits per heavy atom. The van der Waals surface area contributed by atoms with Crippen molar-refractivity contribution in [1.82, 2.24) is 9.13 Å². The lowest BCUT2D eigenvalue weighted by Gasteiger charge is -2.34. The third kappa shape index (κ3) is 2.48. The zero-order valence-electron chi connectivity index (χ0n) is 15.9. The van der Waals surface area contributed by atoms with Crippen LogP contribution in [0.25, 0.3) is 0 Å². The fraction of sp³-hybridized carbons (Fsp3) is 0.350. The van der Waals surface area contributed by atoms with Gasteiger partial charge in [0, 0.05) is 37.7 Å². The van der Waals surface area contributed by atoms with Crippen LogP contribution in [-0.2, 0) is 18.9 Å². The third-order valence-electron chi connectivity index (χ3n) is 5.54. The molecule has 8 heteroatoms. The number of fused-ring (bicyclic) bond motifs is 1. The van der Waals surface area contributed by atoms with E-state index in [9.17, 15) is 19.5 Å². The maximum Gasteiger partial charge on any atom is 0.332 e. The summed E-state index contributed by atoms with van der Waals surface area (Å²) in [5, 5.41) is 13.1. The molecule has 2 N–H and O–H groups in total. The maximum atomic E-state index is 13.1. The number of ketones is 1. The SMILES string of the molecule is COc1cc(C2C3=C(CCCC3=O)Nc3c2c(=O)n(C)c(=O)n3C)ccc1O. The molecule has 0 saturated carbocycles. The molecule has 0 amide bonds. The summed E-state index contributed by atoms with van der Waals surface area (Å²) >= 11 is 0. The molecule has 2 heterocycles. The van der Waals surface area contributed by atoms with Crippen molar-refractivity contribution in [3.8, 4) is 11.5 Å². The molecule has 0 fully saturated rings. The van der Waals surface area contributed by atoms with Gasteiger partial charge in [0.25, 0.3) is 5.56 Å². The number of benzene rings is 1. The smallest absolute Gasteiger partial charge is 0.332 e. The lowest BCUT2D eigenvalue weighted by molar-refractivity contribution is -0.116. The molecule has 28 heavy (non-hydrogen) atoms. The van der Waals surface area contributed by atoms with Crippen molar-refractivity contribution in [1.29, 1.82) is 0 Å². The number of ether oxygens (including phenoxy) is 1. The van der Waals surface area contributed by atoms with Crippen LogP contribution >= 0.6 is 0 Å². The van der Waals surface area contributed by atoms with Crippen molar-refractivity contribution in [3.63, 3.8) is 0 Å². The number of nitrogens with one attached hydrogen (secondary N) is 1. The Hall–Kier alpha value is -3.29. The second-order valence-corrected chi connectivity index (χ2v) is 7.13. The molecule has 0 saturated heterocycles. The van der Waals surface area contributed by atoms with Crippen LogP contribution in [0.15, 0.2) is 39.1 Å². The zero-order valence-corrected chi connectivity index (χ0v) is 15.9. The van der Waals surface area contributed by atoms with Crippen LogP contribution in [0.2, 0.25) is 0 Å². The lowest BCUT2D eigenvalue weighted by Crippen LogP contribution is -2.44. The predicted octanol–water partition coefficient (Wildman–Crippen LogP) is 1.36. The van der Waals surface area contributed by atoms with Crippen molar-refractivity contribution >= 4 is 11.6 Å². The monoisotopic (exact) mass is 383 g/mol. The van der Waals surface area contributed by atoms with Gasteiger partial charge >= 0.3 is 5.69 Å². The van der Waals surface area contributed by atoms with Gasteiger partial charge in [-0.15, -0.1) is 0 Å². The second-order valence-electron chi connectivity index (χ2n) is 7.13. The second kappa shape index (κ2) is 6.40. The van der Waals surface area contributed by atoms with Gasteiger partial charge in [0.2, 0.25) is 0 Å². The molecule has 4 rings (SSSR count).